The fourth-order valence-corrected chi connectivity index (χ4v) is 3.36. The van der Waals surface area contributed by atoms with Crippen LogP contribution in [0.2, 0.25) is 0 Å². The molecule has 1 aliphatic rings. The first-order valence-corrected chi connectivity index (χ1v) is 9.35. The Morgan fingerprint density at radius 1 is 1.17 bits per heavy atom. The number of nitrogens with one attached hydrogen (secondary N) is 1. The molecule has 152 valence electrons. The summed E-state index contributed by atoms with van der Waals surface area (Å²) >= 11 is 0. The SMILES string of the molecule is COc1cccc(NC(=O)COC(=O)[C@@H]2CC(=O)N(c3ccc(C)cc3C)C2)c1. The molecule has 2 amide bonds. The first-order valence-electron chi connectivity index (χ1n) is 9.35. The van der Waals surface area contributed by atoms with Gasteiger partial charge in [0.1, 0.15) is 5.75 Å². The van der Waals surface area contributed by atoms with Crippen LogP contribution in [-0.2, 0) is 19.1 Å². The number of hydrogen-bond acceptors (Lipinski definition) is 5. The molecule has 7 nitrogen and oxygen atoms in total. The van der Waals surface area contributed by atoms with Crippen molar-refractivity contribution in [2.75, 3.05) is 30.5 Å². The molecule has 3 rings (SSSR count). The van der Waals surface area contributed by atoms with Gasteiger partial charge in [0.15, 0.2) is 6.61 Å². The van der Waals surface area contributed by atoms with E-state index >= 15 is 0 Å². The molecular formula is C22H24N2O5. The predicted octanol–water partition coefficient (Wildman–Crippen LogP) is 2.85. The summed E-state index contributed by atoms with van der Waals surface area (Å²) in [5, 5.41) is 2.65. The lowest BCUT2D eigenvalue weighted by Crippen LogP contribution is -2.28. The number of benzene rings is 2. The highest BCUT2D eigenvalue weighted by Crippen LogP contribution is 2.29. The highest BCUT2D eigenvalue weighted by atomic mass is 16.5. The molecule has 2 aromatic rings. The van der Waals surface area contributed by atoms with Crippen molar-refractivity contribution in [3.8, 4) is 5.75 Å². The average molecular weight is 396 g/mol. The summed E-state index contributed by atoms with van der Waals surface area (Å²) in [5.74, 6) is -1.11. The van der Waals surface area contributed by atoms with Crippen LogP contribution in [0.1, 0.15) is 17.5 Å². The zero-order valence-corrected chi connectivity index (χ0v) is 16.7. The van der Waals surface area contributed by atoms with Crippen LogP contribution in [-0.4, -0.2) is 38.0 Å². The van der Waals surface area contributed by atoms with Crippen LogP contribution in [0.4, 0.5) is 11.4 Å². The van der Waals surface area contributed by atoms with Gasteiger partial charge in [-0.15, -0.1) is 0 Å². The number of amides is 2. The van der Waals surface area contributed by atoms with Crippen molar-refractivity contribution in [2.24, 2.45) is 5.92 Å². The highest BCUT2D eigenvalue weighted by Gasteiger charge is 2.36. The summed E-state index contributed by atoms with van der Waals surface area (Å²) in [5.41, 5.74) is 3.43. The summed E-state index contributed by atoms with van der Waals surface area (Å²) < 4.78 is 10.2. The molecule has 1 N–H and O–H groups in total. The van der Waals surface area contributed by atoms with Crippen molar-refractivity contribution in [1.29, 1.82) is 0 Å². The van der Waals surface area contributed by atoms with Crippen LogP contribution in [0.3, 0.4) is 0 Å². The van der Waals surface area contributed by atoms with E-state index in [0.717, 1.165) is 16.8 Å². The number of anilines is 2. The minimum atomic E-state index is -0.590. The second-order valence-electron chi connectivity index (χ2n) is 7.08. The molecular weight excluding hydrogens is 372 g/mol. The number of rotatable bonds is 6. The summed E-state index contributed by atoms with van der Waals surface area (Å²) in [7, 11) is 1.53. The molecule has 0 radical (unpaired) electrons. The van der Waals surface area contributed by atoms with E-state index in [2.05, 4.69) is 5.32 Å². The quantitative estimate of drug-likeness (QED) is 0.759. The van der Waals surface area contributed by atoms with Crippen molar-refractivity contribution in [3.63, 3.8) is 0 Å². The Kier molecular flexibility index (Phi) is 6.16. The van der Waals surface area contributed by atoms with Crippen LogP contribution >= 0.6 is 0 Å². The van der Waals surface area contributed by atoms with E-state index in [1.807, 2.05) is 32.0 Å². The second-order valence-corrected chi connectivity index (χ2v) is 7.08. The fraction of sp³-hybridized carbons (Fsp3) is 0.318. The maximum atomic E-state index is 12.4. The van der Waals surface area contributed by atoms with E-state index in [1.165, 1.54) is 7.11 Å². The Bertz CT molecular complexity index is 941. The lowest BCUT2D eigenvalue weighted by atomic mass is 10.1. The smallest absolute Gasteiger partial charge is 0.311 e. The molecule has 2 aromatic carbocycles. The van der Waals surface area contributed by atoms with Gasteiger partial charge in [-0.1, -0.05) is 23.8 Å². The van der Waals surface area contributed by atoms with Gasteiger partial charge in [0, 0.05) is 30.4 Å². The summed E-state index contributed by atoms with van der Waals surface area (Å²) in [4.78, 5) is 38.4. The maximum absolute atomic E-state index is 12.4. The molecule has 1 aliphatic heterocycles. The molecule has 1 atom stereocenters. The summed E-state index contributed by atoms with van der Waals surface area (Å²) in [6.45, 7) is 3.76. The highest BCUT2D eigenvalue weighted by molar-refractivity contribution is 6.00. The van der Waals surface area contributed by atoms with E-state index in [4.69, 9.17) is 9.47 Å². The van der Waals surface area contributed by atoms with E-state index < -0.39 is 24.4 Å². The van der Waals surface area contributed by atoms with Gasteiger partial charge in [0.05, 0.1) is 13.0 Å². The molecule has 0 unspecified atom stereocenters. The monoisotopic (exact) mass is 396 g/mol. The topological polar surface area (TPSA) is 84.9 Å². The number of ether oxygens (including phenoxy) is 2. The second kappa shape index (κ2) is 8.77. The molecule has 0 aliphatic carbocycles. The maximum Gasteiger partial charge on any atom is 0.311 e. The standard InChI is InChI=1S/C22H24N2O5/c1-14-7-8-19(15(2)9-14)24-12-16(10-21(24)26)22(27)29-13-20(25)23-17-5-4-6-18(11-17)28-3/h4-9,11,16H,10,12-13H2,1-3H3,(H,23,25)/t16-/m1/s1. The Labute approximate surface area is 169 Å². The van der Waals surface area contributed by atoms with Crippen LogP contribution in [0.15, 0.2) is 42.5 Å². The summed E-state index contributed by atoms with van der Waals surface area (Å²) in [6, 6.07) is 12.7. The van der Waals surface area contributed by atoms with Gasteiger partial charge >= 0.3 is 5.97 Å². The molecule has 0 spiro atoms. The van der Waals surface area contributed by atoms with E-state index in [0.29, 0.717) is 11.4 Å². The molecule has 29 heavy (non-hydrogen) atoms. The number of aryl methyl sites for hydroxylation is 2. The average Bonchev–Trinajstić information content (AvgIpc) is 3.08. The van der Waals surface area contributed by atoms with E-state index in [9.17, 15) is 14.4 Å². The third-order valence-corrected chi connectivity index (χ3v) is 4.80. The molecule has 1 saturated heterocycles. The normalized spacial score (nSPS) is 15.9. The van der Waals surface area contributed by atoms with Gasteiger partial charge in [-0.05, 0) is 37.6 Å². The number of esters is 1. The van der Waals surface area contributed by atoms with Crippen LogP contribution in [0, 0.1) is 19.8 Å². The largest absolute Gasteiger partial charge is 0.497 e. The van der Waals surface area contributed by atoms with Crippen LogP contribution in [0.25, 0.3) is 0 Å². The van der Waals surface area contributed by atoms with Gasteiger partial charge < -0.3 is 19.7 Å². The van der Waals surface area contributed by atoms with E-state index in [-0.39, 0.29) is 18.9 Å². The van der Waals surface area contributed by atoms with Gasteiger partial charge in [-0.25, -0.2) is 0 Å². The van der Waals surface area contributed by atoms with Crippen molar-refractivity contribution in [3.05, 3.63) is 53.6 Å². The van der Waals surface area contributed by atoms with Crippen LogP contribution in [0.5, 0.6) is 5.75 Å². The molecule has 7 heteroatoms. The molecule has 1 heterocycles. The van der Waals surface area contributed by atoms with Gasteiger partial charge in [-0.2, -0.15) is 0 Å². The number of nitrogens with zero attached hydrogens (tertiary/aromatic N) is 1. The Morgan fingerprint density at radius 2 is 1.97 bits per heavy atom. The number of carbonyl (C=O) groups is 3. The summed E-state index contributed by atoms with van der Waals surface area (Å²) in [6.07, 6.45) is 0.0731. The minimum Gasteiger partial charge on any atom is -0.497 e. The number of carbonyl (C=O) groups excluding carboxylic acids is 3. The fourth-order valence-electron chi connectivity index (χ4n) is 3.36. The predicted molar refractivity (Wildman–Crippen MR) is 109 cm³/mol. The number of methoxy groups -OCH3 is 1. The third kappa shape index (κ3) is 4.93. The Balaban J connectivity index is 1.54. The molecule has 1 fully saturated rings. The molecule has 0 aromatic heterocycles. The van der Waals surface area contributed by atoms with E-state index in [1.54, 1.807) is 29.2 Å². The number of hydrogen-bond donors (Lipinski definition) is 1. The zero-order valence-electron chi connectivity index (χ0n) is 16.7. The third-order valence-electron chi connectivity index (χ3n) is 4.80. The van der Waals surface area contributed by atoms with Crippen molar-refractivity contribution < 1.29 is 23.9 Å². The first kappa shape index (κ1) is 20.4. The molecule has 0 saturated carbocycles. The zero-order chi connectivity index (χ0) is 21.0. The lowest BCUT2D eigenvalue weighted by molar-refractivity contribution is -0.151. The van der Waals surface area contributed by atoms with Crippen LogP contribution < -0.4 is 15.0 Å². The van der Waals surface area contributed by atoms with Gasteiger partial charge in [0.25, 0.3) is 5.91 Å². The Hall–Kier alpha value is -3.35. The molecule has 0 bridgehead atoms. The first-order chi connectivity index (χ1) is 13.9. The lowest BCUT2D eigenvalue weighted by Gasteiger charge is -2.19. The Morgan fingerprint density at radius 3 is 2.69 bits per heavy atom. The van der Waals surface area contributed by atoms with Crippen molar-refractivity contribution in [1.82, 2.24) is 0 Å². The van der Waals surface area contributed by atoms with Crippen molar-refractivity contribution >= 4 is 29.2 Å². The van der Waals surface area contributed by atoms with Crippen molar-refractivity contribution in [2.45, 2.75) is 20.3 Å². The van der Waals surface area contributed by atoms with Gasteiger partial charge in [0.2, 0.25) is 5.91 Å². The minimum absolute atomic E-state index is 0.0731. The van der Waals surface area contributed by atoms with Gasteiger partial charge in [-0.3, -0.25) is 14.4 Å².